The summed E-state index contributed by atoms with van der Waals surface area (Å²) in [5.74, 6) is 0. The third-order valence-electron chi connectivity index (χ3n) is 2.95. The van der Waals surface area contributed by atoms with E-state index >= 15 is 0 Å². The first-order valence-electron chi connectivity index (χ1n) is 6.59. The molecule has 0 saturated carbocycles. The Morgan fingerprint density at radius 3 is 2.68 bits per heavy atom. The van der Waals surface area contributed by atoms with Gasteiger partial charge in [0.2, 0.25) is 0 Å². The van der Waals surface area contributed by atoms with Crippen molar-refractivity contribution in [2.45, 2.75) is 6.42 Å². The molecule has 2 aromatic carbocycles. The molecule has 22 heavy (non-hydrogen) atoms. The van der Waals surface area contributed by atoms with E-state index in [2.05, 4.69) is 26.6 Å². The van der Waals surface area contributed by atoms with Crippen LogP contribution in [0.4, 0.5) is 16.2 Å². The molecule has 2 N–H and O–H groups in total. The molecule has 0 spiro atoms. The first-order valence-corrected chi connectivity index (χ1v) is 7.38. The molecule has 0 aliphatic carbocycles. The standard InChI is InChI=1S/C15H14BrN3O3/c16-14-7-2-1-4-11(14)8-9-17-15(20)18-12-5-3-6-13(10-12)19(21)22/h1-7,10H,8-9H2,(H2,17,18,20). The van der Waals surface area contributed by atoms with Crippen molar-refractivity contribution in [1.29, 1.82) is 0 Å². The van der Waals surface area contributed by atoms with Crippen molar-refractivity contribution in [3.8, 4) is 0 Å². The van der Waals surface area contributed by atoms with Crippen LogP contribution in [0.3, 0.4) is 0 Å². The second kappa shape index (κ2) is 7.56. The zero-order valence-corrected chi connectivity index (χ0v) is 13.2. The van der Waals surface area contributed by atoms with E-state index in [1.807, 2.05) is 24.3 Å². The first-order chi connectivity index (χ1) is 10.6. The highest BCUT2D eigenvalue weighted by atomic mass is 79.9. The van der Waals surface area contributed by atoms with E-state index in [1.54, 1.807) is 6.07 Å². The predicted octanol–water partition coefficient (Wildman–Crippen LogP) is 3.72. The smallest absolute Gasteiger partial charge is 0.319 e. The van der Waals surface area contributed by atoms with E-state index in [1.165, 1.54) is 18.2 Å². The van der Waals surface area contributed by atoms with Gasteiger partial charge in [-0.3, -0.25) is 10.1 Å². The van der Waals surface area contributed by atoms with Crippen molar-refractivity contribution in [2.75, 3.05) is 11.9 Å². The normalized spacial score (nSPS) is 10.0. The summed E-state index contributed by atoms with van der Waals surface area (Å²) >= 11 is 3.45. The lowest BCUT2D eigenvalue weighted by Gasteiger charge is -2.08. The SMILES string of the molecule is O=C(NCCc1ccccc1Br)Nc1cccc([N+](=O)[O-])c1. The number of benzene rings is 2. The van der Waals surface area contributed by atoms with Gasteiger partial charge in [0.25, 0.3) is 5.69 Å². The molecular formula is C15H14BrN3O3. The molecule has 2 rings (SSSR count). The predicted molar refractivity (Wildman–Crippen MR) is 88.0 cm³/mol. The summed E-state index contributed by atoms with van der Waals surface area (Å²) in [6.07, 6.45) is 0.684. The van der Waals surface area contributed by atoms with Crippen LogP contribution in [0, 0.1) is 10.1 Å². The molecule has 0 fully saturated rings. The Morgan fingerprint density at radius 1 is 1.18 bits per heavy atom. The van der Waals surface area contributed by atoms with Crippen LogP contribution in [0.1, 0.15) is 5.56 Å². The van der Waals surface area contributed by atoms with E-state index < -0.39 is 11.0 Å². The summed E-state index contributed by atoms with van der Waals surface area (Å²) in [6.45, 7) is 0.462. The molecule has 0 unspecified atom stereocenters. The number of halogens is 1. The monoisotopic (exact) mass is 363 g/mol. The van der Waals surface area contributed by atoms with Crippen molar-refractivity contribution in [2.24, 2.45) is 0 Å². The lowest BCUT2D eigenvalue weighted by Crippen LogP contribution is -2.30. The summed E-state index contributed by atoms with van der Waals surface area (Å²) in [7, 11) is 0. The minimum absolute atomic E-state index is 0.0639. The molecule has 0 saturated heterocycles. The number of non-ortho nitro benzene ring substituents is 1. The van der Waals surface area contributed by atoms with Crippen LogP contribution < -0.4 is 10.6 Å². The molecule has 6 nitrogen and oxygen atoms in total. The molecule has 2 amide bonds. The van der Waals surface area contributed by atoms with Gasteiger partial charge in [-0.05, 0) is 24.1 Å². The van der Waals surface area contributed by atoms with Crippen LogP contribution >= 0.6 is 15.9 Å². The summed E-state index contributed by atoms with van der Waals surface area (Å²) < 4.78 is 0.996. The zero-order chi connectivity index (χ0) is 15.9. The van der Waals surface area contributed by atoms with E-state index in [0.29, 0.717) is 18.7 Å². The molecule has 0 aliphatic rings. The minimum atomic E-state index is -0.504. The fraction of sp³-hybridized carbons (Fsp3) is 0.133. The number of nitro groups is 1. The molecule has 0 aromatic heterocycles. The van der Waals surface area contributed by atoms with Crippen molar-refractivity contribution >= 4 is 33.3 Å². The number of nitrogens with one attached hydrogen (secondary N) is 2. The topological polar surface area (TPSA) is 84.3 Å². The second-order valence-electron chi connectivity index (χ2n) is 4.53. The number of anilines is 1. The van der Waals surface area contributed by atoms with Crippen LogP contribution in [-0.4, -0.2) is 17.5 Å². The maximum absolute atomic E-state index is 11.8. The number of carbonyl (C=O) groups is 1. The Kier molecular flexibility index (Phi) is 5.48. The van der Waals surface area contributed by atoms with E-state index in [4.69, 9.17) is 0 Å². The van der Waals surface area contributed by atoms with Gasteiger partial charge < -0.3 is 10.6 Å². The number of nitrogens with zero attached hydrogens (tertiary/aromatic N) is 1. The first kappa shape index (κ1) is 16.0. The molecule has 2 aromatic rings. The molecule has 0 heterocycles. The Labute approximate surface area is 135 Å². The maximum atomic E-state index is 11.8. The van der Waals surface area contributed by atoms with Gasteiger partial charge in [0, 0.05) is 28.8 Å². The van der Waals surface area contributed by atoms with E-state index in [0.717, 1.165) is 10.0 Å². The number of nitro benzene ring substituents is 1. The van der Waals surface area contributed by atoms with Gasteiger partial charge >= 0.3 is 6.03 Å². The average molecular weight is 364 g/mol. The third-order valence-corrected chi connectivity index (χ3v) is 3.73. The molecule has 0 atom stereocenters. The minimum Gasteiger partial charge on any atom is -0.338 e. The summed E-state index contributed by atoms with van der Waals surface area (Å²) in [5, 5.41) is 16.0. The summed E-state index contributed by atoms with van der Waals surface area (Å²) in [4.78, 5) is 21.9. The van der Waals surface area contributed by atoms with Crippen molar-refractivity contribution in [3.63, 3.8) is 0 Å². The quantitative estimate of drug-likeness (QED) is 0.626. The lowest BCUT2D eigenvalue weighted by molar-refractivity contribution is -0.384. The molecule has 0 aliphatic heterocycles. The highest BCUT2D eigenvalue weighted by molar-refractivity contribution is 9.10. The van der Waals surface area contributed by atoms with Crippen molar-refractivity contribution < 1.29 is 9.72 Å². The molecule has 0 bridgehead atoms. The second-order valence-corrected chi connectivity index (χ2v) is 5.38. The van der Waals surface area contributed by atoms with Gasteiger partial charge in [-0.1, -0.05) is 40.2 Å². The van der Waals surface area contributed by atoms with Gasteiger partial charge in [0.1, 0.15) is 0 Å². The Hall–Kier alpha value is -2.41. The van der Waals surface area contributed by atoms with Gasteiger partial charge in [0.05, 0.1) is 4.92 Å². The van der Waals surface area contributed by atoms with Gasteiger partial charge in [-0.25, -0.2) is 4.79 Å². The van der Waals surface area contributed by atoms with E-state index in [-0.39, 0.29) is 5.69 Å². The zero-order valence-electron chi connectivity index (χ0n) is 11.6. The summed E-state index contributed by atoms with van der Waals surface area (Å²) in [5.41, 5.74) is 1.41. The molecule has 7 heteroatoms. The van der Waals surface area contributed by atoms with Crippen LogP contribution in [0.5, 0.6) is 0 Å². The number of carbonyl (C=O) groups excluding carboxylic acids is 1. The lowest BCUT2D eigenvalue weighted by atomic mass is 10.1. The molecular weight excluding hydrogens is 350 g/mol. The number of urea groups is 1. The van der Waals surface area contributed by atoms with Crippen molar-refractivity contribution in [3.05, 3.63) is 68.7 Å². The largest absolute Gasteiger partial charge is 0.338 e. The number of hydrogen-bond acceptors (Lipinski definition) is 3. The number of hydrogen-bond donors (Lipinski definition) is 2. The Bertz CT molecular complexity index is 691. The third kappa shape index (κ3) is 4.56. The number of rotatable bonds is 5. The van der Waals surface area contributed by atoms with Crippen LogP contribution in [-0.2, 0) is 6.42 Å². The average Bonchev–Trinajstić information content (AvgIpc) is 2.49. The Morgan fingerprint density at radius 2 is 1.95 bits per heavy atom. The van der Waals surface area contributed by atoms with Crippen LogP contribution in [0.25, 0.3) is 0 Å². The number of amides is 2. The maximum Gasteiger partial charge on any atom is 0.319 e. The van der Waals surface area contributed by atoms with Crippen LogP contribution in [0.15, 0.2) is 53.0 Å². The van der Waals surface area contributed by atoms with Gasteiger partial charge in [0.15, 0.2) is 0 Å². The highest BCUT2D eigenvalue weighted by Crippen LogP contribution is 2.17. The van der Waals surface area contributed by atoms with Crippen molar-refractivity contribution in [1.82, 2.24) is 5.32 Å². The fourth-order valence-electron chi connectivity index (χ4n) is 1.88. The fourth-order valence-corrected chi connectivity index (χ4v) is 2.37. The molecule has 114 valence electrons. The highest BCUT2D eigenvalue weighted by Gasteiger charge is 2.08. The van der Waals surface area contributed by atoms with E-state index in [9.17, 15) is 14.9 Å². The van der Waals surface area contributed by atoms with Gasteiger partial charge in [-0.2, -0.15) is 0 Å². The molecule has 0 radical (unpaired) electrons. The summed E-state index contributed by atoms with van der Waals surface area (Å²) in [6, 6.07) is 13.2. The Balaban J connectivity index is 1.84. The van der Waals surface area contributed by atoms with Crippen LogP contribution in [0.2, 0.25) is 0 Å². The van der Waals surface area contributed by atoms with Gasteiger partial charge in [-0.15, -0.1) is 0 Å².